The number of hydrogen-bond donors (Lipinski definition) is 1. The summed E-state index contributed by atoms with van der Waals surface area (Å²) >= 11 is 9.29. The smallest absolute Gasteiger partial charge is 0.255 e. The van der Waals surface area contributed by atoms with Gasteiger partial charge in [0, 0.05) is 43.6 Å². The van der Waals surface area contributed by atoms with Crippen LogP contribution in [0.4, 0.5) is 10.1 Å². The highest BCUT2D eigenvalue weighted by Crippen LogP contribution is 2.20. The van der Waals surface area contributed by atoms with Gasteiger partial charge in [0.05, 0.1) is 16.3 Å². The number of carbonyl (C=O) groups excluding carboxylic acids is 2. The molecule has 28 heavy (non-hydrogen) atoms. The SMILES string of the molecule is O=C(CCN1CCN(C(=O)c2ccccc2Cl)CC1)Nc1ccc(Br)cc1F. The van der Waals surface area contributed by atoms with Crippen molar-refractivity contribution in [1.82, 2.24) is 9.80 Å². The number of halogens is 3. The van der Waals surface area contributed by atoms with E-state index < -0.39 is 5.82 Å². The van der Waals surface area contributed by atoms with Gasteiger partial charge in [0.1, 0.15) is 5.82 Å². The predicted octanol–water partition coefficient (Wildman–Crippen LogP) is 4.03. The number of rotatable bonds is 5. The topological polar surface area (TPSA) is 52.7 Å². The molecule has 1 saturated heterocycles. The van der Waals surface area contributed by atoms with Crippen molar-refractivity contribution in [3.63, 3.8) is 0 Å². The molecule has 0 spiro atoms. The van der Waals surface area contributed by atoms with E-state index in [4.69, 9.17) is 11.6 Å². The van der Waals surface area contributed by atoms with E-state index in [0.29, 0.717) is 47.8 Å². The first-order valence-electron chi connectivity index (χ1n) is 8.95. The van der Waals surface area contributed by atoms with Gasteiger partial charge in [0.2, 0.25) is 5.91 Å². The Labute approximate surface area is 176 Å². The molecule has 1 fully saturated rings. The number of carbonyl (C=O) groups is 2. The van der Waals surface area contributed by atoms with Crippen molar-refractivity contribution in [2.24, 2.45) is 0 Å². The lowest BCUT2D eigenvalue weighted by Crippen LogP contribution is -2.49. The van der Waals surface area contributed by atoms with E-state index in [1.54, 1.807) is 35.2 Å². The van der Waals surface area contributed by atoms with Crippen LogP contribution in [0.25, 0.3) is 0 Å². The Kier molecular flexibility index (Phi) is 7.04. The van der Waals surface area contributed by atoms with Crippen molar-refractivity contribution in [1.29, 1.82) is 0 Å². The molecular weight excluding hydrogens is 449 g/mol. The van der Waals surface area contributed by atoms with Crippen molar-refractivity contribution in [2.75, 3.05) is 38.0 Å². The molecule has 1 heterocycles. The van der Waals surface area contributed by atoms with Crippen LogP contribution in [-0.4, -0.2) is 54.3 Å². The second-order valence-electron chi connectivity index (χ2n) is 6.54. The Balaban J connectivity index is 1.45. The Morgan fingerprint density at radius 1 is 1.11 bits per heavy atom. The van der Waals surface area contributed by atoms with Crippen LogP contribution in [0.2, 0.25) is 5.02 Å². The van der Waals surface area contributed by atoms with E-state index in [0.717, 1.165) is 0 Å². The van der Waals surface area contributed by atoms with E-state index in [2.05, 4.69) is 26.1 Å². The number of anilines is 1. The lowest BCUT2D eigenvalue weighted by Gasteiger charge is -2.34. The van der Waals surface area contributed by atoms with Crippen LogP contribution in [0.5, 0.6) is 0 Å². The number of nitrogens with zero attached hydrogens (tertiary/aromatic N) is 2. The largest absolute Gasteiger partial charge is 0.336 e. The maximum absolute atomic E-state index is 13.8. The molecule has 0 aliphatic carbocycles. The Hall–Kier alpha value is -1.96. The van der Waals surface area contributed by atoms with Crippen LogP contribution < -0.4 is 5.32 Å². The summed E-state index contributed by atoms with van der Waals surface area (Å²) < 4.78 is 14.4. The van der Waals surface area contributed by atoms with Gasteiger partial charge in [-0.15, -0.1) is 0 Å². The van der Waals surface area contributed by atoms with Gasteiger partial charge in [-0.3, -0.25) is 14.5 Å². The Morgan fingerprint density at radius 3 is 2.50 bits per heavy atom. The highest BCUT2D eigenvalue weighted by molar-refractivity contribution is 9.10. The van der Waals surface area contributed by atoms with Crippen LogP contribution in [0, 0.1) is 5.82 Å². The van der Waals surface area contributed by atoms with E-state index in [1.807, 2.05) is 0 Å². The third-order valence-electron chi connectivity index (χ3n) is 4.62. The summed E-state index contributed by atoms with van der Waals surface area (Å²) in [6.07, 6.45) is 0.258. The van der Waals surface area contributed by atoms with Crippen LogP contribution >= 0.6 is 27.5 Å². The van der Waals surface area contributed by atoms with Crippen LogP contribution in [0.1, 0.15) is 16.8 Å². The number of hydrogen-bond acceptors (Lipinski definition) is 3. The maximum Gasteiger partial charge on any atom is 0.255 e. The summed E-state index contributed by atoms with van der Waals surface area (Å²) in [5, 5.41) is 3.04. The average Bonchev–Trinajstić information content (AvgIpc) is 2.69. The summed E-state index contributed by atoms with van der Waals surface area (Å²) in [4.78, 5) is 28.6. The van der Waals surface area contributed by atoms with Gasteiger partial charge in [0.15, 0.2) is 0 Å². The molecule has 2 aromatic rings. The van der Waals surface area contributed by atoms with Crippen molar-refractivity contribution >= 4 is 45.0 Å². The zero-order valence-electron chi connectivity index (χ0n) is 15.1. The standard InChI is InChI=1S/C20H20BrClFN3O2/c21-14-5-6-18(17(23)13-14)24-19(27)7-8-25-9-11-26(12-10-25)20(28)15-3-1-2-4-16(15)22/h1-6,13H,7-12H2,(H,24,27). The highest BCUT2D eigenvalue weighted by Gasteiger charge is 2.23. The molecule has 5 nitrogen and oxygen atoms in total. The Morgan fingerprint density at radius 2 is 1.82 bits per heavy atom. The third-order valence-corrected chi connectivity index (χ3v) is 5.45. The molecule has 1 N–H and O–H groups in total. The molecule has 0 radical (unpaired) electrons. The molecule has 0 aromatic heterocycles. The Bertz CT molecular complexity index is 872. The number of amides is 2. The number of benzene rings is 2. The molecule has 2 aromatic carbocycles. The quantitative estimate of drug-likeness (QED) is 0.721. The molecule has 1 aliphatic rings. The van der Waals surface area contributed by atoms with Gasteiger partial charge in [0.25, 0.3) is 5.91 Å². The third kappa shape index (κ3) is 5.31. The minimum atomic E-state index is -0.477. The summed E-state index contributed by atoms with van der Waals surface area (Å²) in [7, 11) is 0. The summed E-state index contributed by atoms with van der Waals surface area (Å²) in [6, 6.07) is 11.5. The first-order chi connectivity index (χ1) is 13.4. The fraction of sp³-hybridized carbons (Fsp3) is 0.300. The van der Waals surface area contributed by atoms with Crippen LogP contribution in [0.3, 0.4) is 0 Å². The predicted molar refractivity (Wildman–Crippen MR) is 111 cm³/mol. The fourth-order valence-electron chi connectivity index (χ4n) is 3.04. The molecule has 0 saturated carbocycles. The molecule has 0 unspecified atom stereocenters. The average molecular weight is 469 g/mol. The van der Waals surface area contributed by atoms with Gasteiger partial charge in [-0.25, -0.2) is 4.39 Å². The van der Waals surface area contributed by atoms with E-state index in [1.165, 1.54) is 12.1 Å². The molecule has 2 amide bonds. The molecule has 0 atom stereocenters. The van der Waals surface area contributed by atoms with E-state index in [-0.39, 0.29) is 23.9 Å². The van der Waals surface area contributed by atoms with E-state index >= 15 is 0 Å². The summed E-state index contributed by atoms with van der Waals surface area (Å²) in [5.41, 5.74) is 0.678. The first kappa shape index (κ1) is 20.8. The maximum atomic E-state index is 13.8. The zero-order valence-corrected chi connectivity index (χ0v) is 17.5. The minimum absolute atomic E-state index is 0.0753. The van der Waals surface area contributed by atoms with Crippen molar-refractivity contribution in [3.8, 4) is 0 Å². The normalized spacial score (nSPS) is 14.8. The van der Waals surface area contributed by atoms with Crippen molar-refractivity contribution in [2.45, 2.75) is 6.42 Å². The van der Waals surface area contributed by atoms with Crippen LogP contribution in [0.15, 0.2) is 46.9 Å². The van der Waals surface area contributed by atoms with Gasteiger partial charge < -0.3 is 10.2 Å². The molecule has 0 bridgehead atoms. The molecule has 148 valence electrons. The zero-order chi connectivity index (χ0) is 20.1. The second kappa shape index (κ2) is 9.49. The van der Waals surface area contributed by atoms with Gasteiger partial charge >= 0.3 is 0 Å². The van der Waals surface area contributed by atoms with E-state index in [9.17, 15) is 14.0 Å². The number of nitrogens with one attached hydrogen (secondary N) is 1. The summed E-state index contributed by atoms with van der Waals surface area (Å²) in [6.45, 7) is 3.06. The fourth-order valence-corrected chi connectivity index (χ4v) is 3.59. The van der Waals surface area contributed by atoms with Crippen molar-refractivity contribution < 1.29 is 14.0 Å². The monoisotopic (exact) mass is 467 g/mol. The summed E-state index contributed by atoms with van der Waals surface area (Å²) in [5.74, 6) is -0.793. The van der Waals surface area contributed by atoms with Crippen molar-refractivity contribution in [3.05, 3.63) is 63.3 Å². The van der Waals surface area contributed by atoms with Crippen LogP contribution in [-0.2, 0) is 4.79 Å². The van der Waals surface area contributed by atoms with Gasteiger partial charge in [-0.1, -0.05) is 39.7 Å². The van der Waals surface area contributed by atoms with Gasteiger partial charge in [-0.05, 0) is 30.3 Å². The number of piperazine rings is 1. The molecule has 3 rings (SSSR count). The second-order valence-corrected chi connectivity index (χ2v) is 7.86. The lowest BCUT2D eigenvalue weighted by atomic mass is 10.1. The first-order valence-corrected chi connectivity index (χ1v) is 10.1. The molecular formula is C20H20BrClFN3O2. The minimum Gasteiger partial charge on any atom is -0.336 e. The molecule has 1 aliphatic heterocycles. The molecule has 8 heteroatoms. The van der Waals surface area contributed by atoms with Gasteiger partial charge in [-0.2, -0.15) is 0 Å². The highest BCUT2D eigenvalue weighted by atomic mass is 79.9. The lowest BCUT2D eigenvalue weighted by molar-refractivity contribution is -0.116.